The Morgan fingerprint density at radius 3 is 2.28 bits per heavy atom. The first-order valence-corrected chi connectivity index (χ1v) is 10.3. The smallest absolute Gasteiger partial charge is 0.243 e. The van der Waals surface area contributed by atoms with Crippen LogP contribution >= 0.6 is 0 Å². The van der Waals surface area contributed by atoms with Crippen molar-refractivity contribution in [2.45, 2.75) is 25.2 Å². The molecule has 1 aliphatic rings. The molecule has 1 heterocycles. The number of hydrogen-bond donors (Lipinski definition) is 0. The van der Waals surface area contributed by atoms with E-state index in [0.29, 0.717) is 19.0 Å². The molecule has 1 fully saturated rings. The van der Waals surface area contributed by atoms with Gasteiger partial charge >= 0.3 is 0 Å². The second kappa shape index (κ2) is 8.78. The molecule has 0 aliphatic carbocycles. The van der Waals surface area contributed by atoms with Crippen molar-refractivity contribution in [1.29, 1.82) is 0 Å². The van der Waals surface area contributed by atoms with E-state index < -0.39 is 10.0 Å². The summed E-state index contributed by atoms with van der Waals surface area (Å²) in [6.45, 7) is 8.39. The van der Waals surface area contributed by atoms with Gasteiger partial charge in [-0.3, -0.25) is 9.69 Å². The highest BCUT2D eigenvalue weighted by Gasteiger charge is 2.26. The van der Waals surface area contributed by atoms with Crippen LogP contribution in [-0.2, 0) is 14.8 Å². The summed E-state index contributed by atoms with van der Waals surface area (Å²) in [6.07, 6.45) is 1.16. The van der Waals surface area contributed by atoms with Crippen molar-refractivity contribution >= 4 is 15.9 Å². The van der Waals surface area contributed by atoms with Crippen LogP contribution in [0.4, 0.5) is 0 Å². The molecular weight excluding hydrogens is 338 g/mol. The zero-order valence-electron chi connectivity index (χ0n) is 15.4. The minimum absolute atomic E-state index is 0.122. The molecule has 0 unspecified atom stereocenters. The highest BCUT2D eigenvalue weighted by Crippen LogP contribution is 2.14. The third-order valence-electron chi connectivity index (χ3n) is 4.56. The van der Waals surface area contributed by atoms with E-state index in [2.05, 4.69) is 18.7 Å². The molecule has 140 valence electrons. The number of carbonyl (C=O) groups is 1. The van der Waals surface area contributed by atoms with Crippen LogP contribution in [0.2, 0.25) is 0 Å². The van der Waals surface area contributed by atoms with Crippen molar-refractivity contribution in [1.82, 2.24) is 14.1 Å². The lowest BCUT2D eigenvalue weighted by molar-refractivity contribution is -0.133. The predicted octanol–water partition coefficient (Wildman–Crippen LogP) is 1.50. The summed E-state index contributed by atoms with van der Waals surface area (Å²) in [7, 11) is -2.17. The molecule has 1 aliphatic heterocycles. The van der Waals surface area contributed by atoms with E-state index in [1.165, 1.54) is 7.05 Å². The average molecular weight is 368 g/mol. The Kier molecular flexibility index (Phi) is 6.98. The third kappa shape index (κ3) is 5.52. The Balaban J connectivity index is 1.86. The standard InChI is InChI=1S/C18H29N3O3S/c1-16(2)9-10-20-11-13-21(14-12-20)18(22)15-19(3)25(23,24)17-7-5-4-6-8-17/h4-8,16H,9-15H2,1-3H3. The molecule has 1 amide bonds. The lowest BCUT2D eigenvalue weighted by atomic mass is 10.1. The molecule has 0 N–H and O–H groups in total. The van der Waals surface area contributed by atoms with Crippen LogP contribution < -0.4 is 0 Å². The molecule has 2 rings (SSSR count). The number of nitrogens with zero attached hydrogens (tertiary/aromatic N) is 3. The minimum Gasteiger partial charge on any atom is -0.339 e. The van der Waals surface area contributed by atoms with E-state index in [1.54, 1.807) is 35.2 Å². The van der Waals surface area contributed by atoms with Gasteiger partial charge in [0.05, 0.1) is 11.4 Å². The molecule has 0 bridgehead atoms. The van der Waals surface area contributed by atoms with Gasteiger partial charge in [-0.05, 0) is 31.0 Å². The SMILES string of the molecule is CC(C)CCN1CCN(C(=O)CN(C)S(=O)(=O)c2ccccc2)CC1. The summed E-state index contributed by atoms with van der Waals surface area (Å²) >= 11 is 0. The van der Waals surface area contributed by atoms with Gasteiger partial charge in [-0.1, -0.05) is 32.0 Å². The highest BCUT2D eigenvalue weighted by molar-refractivity contribution is 7.89. The maximum Gasteiger partial charge on any atom is 0.243 e. The quantitative estimate of drug-likeness (QED) is 0.733. The van der Waals surface area contributed by atoms with Crippen LogP contribution in [0.15, 0.2) is 35.2 Å². The molecule has 6 nitrogen and oxygen atoms in total. The van der Waals surface area contributed by atoms with E-state index in [4.69, 9.17) is 0 Å². The fourth-order valence-electron chi connectivity index (χ4n) is 2.81. The summed E-state index contributed by atoms with van der Waals surface area (Å²) in [6, 6.07) is 8.22. The van der Waals surface area contributed by atoms with Crippen LogP contribution in [0.5, 0.6) is 0 Å². The lowest BCUT2D eigenvalue weighted by Gasteiger charge is -2.35. The zero-order chi connectivity index (χ0) is 18.4. The lowest BCUT2D eigenvalue weighted by Crippen LogP contribution is -2.51. The maximum atomic E-state index is 12.5. The summed E-state index contributed by atoms with van der Waals surface area (Å²) < 4.78 is 26.1. The van der Waals surface area contributed by atoms with Crippen molar-refractivity contribution in [3.8, 4) is 0 Å². The number of amides is 1. The number of carbonyl (C=O) groups excluding carboxylic acids is 1. The van der Waals surface area contributed by atoms with Gasteiger partial charge < -0.3 is 4.90 Å². The monoisotopic (exact) mass is 367 g/mol. The van der Waals surface area contributed by atoms with Crippen LogP contribution in [0.1, 0.15) is 20.3 Å². The topological polar surface area (TPSA) is 60.9 Å². The number of likely N-dealkylation sites (N-methyl/N-ethyl adjacent to an activating group) is 1. The van der Waals surface area contributed by atoms with Crippen LogP contribution in [0.3, 0.4) is 0 Å². The molecule has 0 radical (unpaired) electrons. The van der Waals surface area contributed by atoms with E-state index in [-0.39, 0.29) is 17.3 Å². The van der Waals surface area contributed by atoms with Crippen molar-refractivity contribution in [2.75, 3.05) is 46.3 Å². The molecule has 1 saturated heterocycles. The molecule has 0 saturated carbocycles. The Morgan fingerprint density at radius 2 is 1.72 bits per heavy atom. The van der Waals surface area contributed by atoms with E-state index in [0.717, 1.165) is 30.4 Å². The number of piperazine rings is 1. The summed E-state index contributed by atoms with van der Waals surface area (Å²) in [5, 5.41) is 0. The first-order valence-electron chi connectivity index (χ1n) is 8.82. The largest absolute Gasteiger partial charge is 0.339 e. The molecule has 25 heavy (non-hydrogen) atoms. The van der Waals surface area contributed by atoms with E-state index in [9.17, 15) is 13.2 Å². The van der Waals surface area contributed by atoms with Gasteiger partial charge in [-0.25, -0.2) is 8.42 Å². The Bertz CT molecular complexity index is 653. The predicted molar refractivity (Wildman–Crippen MR) is 98.7 cm³/mol. The molecular formula is C18H29N3O3S. The normalized spacial score (nSPS) is 16.6. The number of benzene rings is 1. The number of sulfonamides is 1. The first-order chi connectivity index (χ1) is 11.8. The van der Waals surface area contributed by atoms with Crippen molar-refractivity contribution in [3.63, 3.8) is 0 Å². The number of rotatable bonds is 7. The molecule has 0 aromatic heterocycles. The van der Waals surface area contributed by atoms with Gasteiger partial charge in [-0.2, -0.15) is 4.31 Å². The van der Waals surface area contributed by atoms with Crippen molar-refractivity contribution in [2.24, 2.45) is 5.92 Å². The van der Waals surface area contributed by atoms with Gasteiger partial charge in [0, 0.05) is 33.2 Å². The first kappa shape index (κ1) is 19.9. The Labute approximate surface area is 151 Å². The van der Waals surface area contributed by atoms with Crippen molar-refractivity contribution in [3.05, 3.63) is 30.3 Å². The van der Waals surface area contributed by atoms with Crippen molar-refractivity contribution < 1.29 is 13.2 Å². The molecule has 1 aromatic carbocycles. The van der Waals surface area contributed by atoms with Gasteiger partial charge in [0.1, 0.15) is 0 Å². The summed E-state index contributed by atoms with van der Waals surface area (Å²) in [4.78, 5) is 16.8. The average Bonchev–Trinajstić information content (AvgIpc) is 2.61. The fourth-order valence-corrected chi connectivity index (χ4v) is 3.95. The zero-order valence-corrected chi connectivity index (χ0v) is 16.2. The second-order valence-electron chi connectivity index (χ2n) is 6.98. The molecule has 7 heteroatoms. The second-order valence-corrected chi connectivity index (χ2v) is 9.02. The Morgan fingerprint density at radius 1 is 1.12 bits per heavy atom. The minimum atomic E-state index is -3.63. The van der Waals surface area contributed by atoms with Gasteiger partial charge in [0.15, 0.2) is 0 Å². The molecule has 0 atom stereocenters. The number of hydrogen-bond acceptors (Lipinski definition) is 4. The Hall–Kier alpha value is -1.44. The van der Waals surface area contributed by atoms with Gasteiger partial charge in [0.25, 0.3) is 0 Å². The van der Waals surface area contributed by atoms with Crippen LogP contribution in [-0.4, -0.2) is 74.7 Å². The van der Waals surface area contributed by atoms with E-state index >= 15 is 0 Å². The summed E-state index contributed by atoms with van der Waals surface area (Å²) in [5.41, 5.74) is 0. The maximum absolute atomic E-state index is 12.5. The van der Waals surface area contributed by atoms with Crippen LogP contribution in [0, 0.1) is 5.92 Å². The van der Waals surface area contributed by atoms with E-state index in [1.807, 2.05) is 0 Å². The fraction of sp³-hybridized carbons (Fsp3) is 0.611. The summed E-state index contributed by atoms with van der Waals surface area (Å²) in [5.74, 6) is 0.544. The third-order valence-corrected chi connectivity index (χ3v) is 6.37. The molecule has 0 spiro atoms. The van der Waals surface area contributed by atoms with Gasteiger partial charge in [0.2, 0.25) is 15.9 Å². The molecule has 1 aromatic rings. The van der Waals surface area contributed by atoms with Gasteiger partial charge in [-0.15, -0.1) is 0 Å². The highest BCUT2D eigenvalue weighted by atomic mass is 32.2. The van der Waals surface area contributed by atoms with Crippen LogP contribution in [0.25, 0.3) is 0 Å².